The largest absolute Gasteiger partial charge is 0.417 e. The van der Waals surface area contributed by atoms with Crippen LogP contribution in [-0.4, -0.2) is 4.98 Å². The van der Waals surface area contributed by atoms with E-state index in [2.05, 4.69) is 4.98 Å². The van der Waals surface area contributed by atoms with E-state index in [1.54, 1.807) is 0 Å². The van der Waals surface area contributed by atoms with E-state index >= 15 is 0 Å². The number of alkyl halides is 3. The Morgan fingerprint density at radius 3 is 2.42 bits per heavy atom. The molecular formula is C12H7ClF4N2. The molecule has 2 nitrogen and oxygen atoms in total. The van der Waals surface area contributed by atoms with E-state index in [0.29, 0.717) is 6.07 Å². The summed E-state index contributed by atoms with van der Waals surface area (Å²) in [5.41, 5.74) is 3.51. The summed E-state index contributed by atoms with van der Waals surface area (Å²) in [4.78, 5) is 3.57. The number of hydrogen-bond donors (Lipinski definition) is 1. The van der Waals surface area contributed by atoms with E-state index in [9.17, 15) is 17.6 Å². The van der Waals surface area contributed by atoms with Crippen LogP contribution in [0.3, 0.4) is 0 Å². The molecule has 0 spiro atoms. The van der Waals surface area contributed by atoms with Crippen molar-refractivity contribution in [2.24, 2.45) is 0 Å². The maximum atomic E-state index is 13.6. The zero-order valence-corrected chi connectivity index (χ0v) is 10.1. The van der Waals surface area contributed by atoms with Crippen molar-refractivity contribution in [2.45, 2.75) is 6.18 Å². The molecule has 0 unspecified atom stereocenters. The minimum atomic E-state index is -4.67. The highest BCUT2D eigenvalue weighted by molar-refractivity contribution is 6.30. The first kappa shape index (κ1) is 13.6. The van der Waals surface area contributed by atoms with Gasteiger partial charge in [-0.3, -0.25) is 0 Å². The summed E-state index contributed by atoms with van der Waals surface area (Å²) in [5.74, 6) is -1.11. The average molecular weight is 291 g/mol. The zero-order valence-electron chi connectivity index (χ0n) is 9.30. The van der Waals surface area contributed by atoms with Crippen molar-refractivity contribution in [1.29, 1.82) is 0 Å². The fourth-order valence-electron chi connectivity index (χ4n) is 1.62. The maximum absolute atomic E-state index is 13.6. The minimum absolute atomic E-state index is 0.126. The molecule has 1 aromatic heterocycles. The highest BCUT2D eigenvalue weighted by Gasteiger charge is 2.34. The smallest absolute Gasteiger partial charge is 0.384 e. The van der Waals surface area contributed by atoms with Gasteiger partial charge in [0, 0.05) is 22.3 Å². The average Bonchev–Trinajstić information content (AvgIpc) is 2.31. The molecule has 0 amide bonds. The third-order valence-electron chi connectivity index (χ3n) is 2.45. The van der Waals surface area contributed by atoms with Crippen LogP contribution in [0.15, 0.2) is 30.5 Å². The van der Waals surface area contributed by atoms with E-state index in [1.807, 2.05) is 0 Å². The van der Waals surface area contributed by atoms with Crippen LogP contribution in [-0.2, 0) is 6.18 Å². The number of anilines is 1. The van der Waals surface area contributed by atoms with Gasteiger partial charge in [0.2, 0.25) is 0 Å². The second-order valence-electron chi connectivity index (χ2n) is 3.78. The number of pyridine rings is 1. The molecule has 2 aromatic rings. The Bertz CT molecular complexity index is 626. The highest BCUT2D eigenvalue weighted by atomic mass is 35.5. The van der Waals surface area contributed by atoms with Crippen molar-refractivity contribution in [1.82, 2.24) is 4.98 Å². The zero-order chi connectivity index (χ0) is 14.2. The van der Waals surface area contributed by atoms with Gasteiger partial charge in [-0.15, -0.1) is 0 Å². The van der Waals surface area contributed by atoms with E-state index in [4.69, 9.17) is 17.3 Å². The quantitative estimate of drug-likeness (QED) is 0.802. The minimum Gasteiger partial charge on any atom is -0.384 e. The molecule has 0 aliphatic carbocycles. The van der Waals surface area contributed by atoms with Crippen LogP contribution < -0.4 is 5.73 Å². The van der Waals surface area contributed by atoms with Crippen LogP contribution in [0.5, 0.6) is 0 Å². The summed E-state index contributed by atoms with van der Waals surface area (Å²) in [7, 11) is 0. The molecule has 0 bridgehead atoms. The van der Waals surface area contributed by atoms with Gasteiger partial charge in [-0.2, -0.15) is 13.2 Å². The summed E-state index contributed by atoms with van der Waals surface area (Å²) < 4.78 is 52.4. The Kier molecular flexibility index (Phi) is 3.36. The van der Waals surface area contributed by atoms with Gasteiger partial charge in [0.25, 0.3) is 0 Å². The van der Waals surface area contributed by atoms with Crippen LogP contribution in [0, 0.1) is 5.82 Å². The van der Waals surface area contributed by atoms with Crippen molar-refractivity contribution in [3.63, 3.8) is 0 Å². The number of hydrogen-bond acceptors (Lipinski definition) is 2. The molecule has 0 aliphatic heterocycles. The van der Waals surface area contributed by atoms with Crippen molar-refractivity contribution >= 4 is 17.4 Å². The van der Waals surface area contributed by atoms with Crippen LogP contribution in [0.4, 0.5) is 23.4 Å². The van der Waals surface area contributed by atoms with E-state index in [1.165, 1.54) is 6.07 Å². The van der Waals surface area contributed by atoms with Gasteiger partial charge in [-0.1, -0.05) is 11.6 Å². The Morgan fingerprint density at radius 1 is 1.11 bits per heavy atom. The molecule has 7 heteroatoms. The Hall–Kier alpha value is -1.82. The third-order valence-corrected chi connectivity index (χ3v) is 2.68. The molecule has 100 valence electrons. The van der Waals surface area contributed by atoms with Gasteiger partial charge >= 0.3 is 6.18 Å². The lowest BCUT2D eigenvalue weighted by Gasteiger charge is -2.13. The number of nitrogens with two attached hydrogens (primary N) is 1. The van der Waals surface area contributed by atoms with Gasteiger partial charge in [-0.05, 0) is 24.3 Å². The van der Waals surface area contributed by atoms with E-state index in [-0.39, 0.29) is 16.4 Å². The number of rotatable bonds is 1. The molecule has 0 saturated carbocycles. The molecule has 1 heterocycles. The van der Waals surface area contributed by atoms with E-state index < -0.39 is 23.1 Å². The molecule has 0 atom stereocenters. The lowest BCUT2D eigenvalue weighted by atomic mass is 10.0. The van der Waals surface area contributed by atoms with Gasteiger partial charge in [-0.25, -0.2) is 9.37 Å². The number of benzene rings is 1. The summed E-state index contributed by atoms with van der Waals surface area (Å²) in [6.45, 7) is 0. The first-order chi connectivity index (χ1) is 8.79. The van der Waals surface area contributed by atoms with Crippen molar-refractivity contribution < 1.29 is 17.6 Å². The predicted molar refractivity (Wildman–Crippen MR) is 64.1 cm³/mol. The van der Waals surface area contributed by atoms with Crippen molar-refractivity contribution in [3.8, 4) is 11.1 Å². The second-order valence-corrected chi connectivity index (χ2v) is 4.21. The summed E-state index contributed by atoms with van der Waals surface area (Å²) in [6, 6.07) is 4.02. The van der Waals surface area contributed by atoms with Crippen molar-refractivity contribution in [2.75, 3.05) is 5.73 Å². The summed E-state index contributed by atoms with van der Waals surface area (Å²) in [6.07, 6.45) is -3.78. The van der Waals surface area contributed by atoms with E-state index in [0.717, 1.165) is 18.3 Å². The third kappa shape index (κ3) is 2.78. The molecule has 0 fully saturated rings. The fraction of sp³-hybridized carbons (Fsp3) is 0.0833. The Balaban J connectivity index is 2.72. The fourth-order valence-corrected chi connectivity index (χ4v) is 1.80. The van der Waals surface area contributed by atoms with Crippen LogP contribution in [0.1, 0.15) is 5.56 Å². The summed E-state index contributed by atoms with van der Waals surface area (Å²) in [5, 5.41) is 0.126. The van der Waals surface area contributed by atoms with Gasteiger partial charge in [0.15, 0.2) is 0 Å². The molecule has 0 radical (unpaired) electrons. The van der Waals surface area contributed by atoms with Gasteiger partial charge < -0.3 is 5.73 Å². The molecular weight excluding hydrogens is 284 g/mol. The van der Waals surface area contributed by atoms with Gasteiger partial charge in [0.05, 0.1) is 5.56 Å². The SMILES string of the molecule is Nc1cc(C(F)(F)F)c(-c2cc(Cl)ccc2F)cn1. The lowest BCUT2D eigenvalue weighted by Crippen LogP contribution is -2.09. The number of halogens is 5. The Labute approximate surface area is 110 Å². The molecule has 0 saturated heterocycles. The molecule has 19 heavy (non-hydrogen) atoms. The Morgan fingerprint density at radius 2 is 1.79 bits per heavy atom. The van der Waals surface area contributed by atoms with Crippen LogP contribution in [0.2, 0.25) is 5.02 Å². The first-order valence-corrected chi connectivity index (χ1v) is 5.45. The van der Waals surface area contributed by atoms with Crippen molar-refractivity contribution in [3.05, 3.63) is 46.9 Å². The topological polar surface area (TPSA) is 38.9 Å². The lowest BCUT2D eigenvalue weighted by molar-refractivity contribution is -0.137. The normalized spacial score (nSPS) is 11.6. The summed E-state index contributed by atoms with van der Waals surface area (Å²) >= 11 is 5.67. The molecule has 1 aromatic carbocycles. The predicted octanol–water partition coefficient (Wildman–Crippen LogP) is 4.14. The van der Waals surface area contributed by atoms with Crippen LogP contribution >= 0.6 is 11.6 Å². The molecule has 2 rings (SSSR count). The monoisotopic (exact) mass is 290 g/mol. The van der Waals surface area contributed by atoms with Gasteiger partial charge in [0.1, 0.15) is 11.6 Å². The first-order valence-electron chi connectivity index (χ1n) is 5.07. The number of nitrogen functional groups attached to an aromatic ring is 1. The number of nitrogens with zero attached hydrogens (tertiary/aromatic N) is 1. The number of aromatic nitrogens is 1. The molecule has 0 aliphatic rings. The standard InChI is InChI=1S/C12H7ClF4N2/c13-6-1-2-10(14)7(3-6)8-5-19-11(18)4-9(8)12(15,16)17/h1-5H,(H2,18,19). The molecule has 2 N–H and O–H groups in total. The maximum Gasteiger partial charge on any atom is 0.417 e. The second kappa shape index (κ2) is 4.70. The highest BCUT2D eigenvalue weighted by Crippen LogP contribution is 2.38. The van der Waals surface area contributed by atoms with Crippen LogP contribution in [0.25, 0.3) is 11.1 Å².